The summed E-state index contributed by atoms with van der Waals surface area (Å²) in [7, 11) is 0. The number of anilines is 2. The molecule has 148 valence electrons. The van der Waals surface area contributed by atoms with Crippen molar-refractivity contribution >= 4 is 44.1 Å². The fourth-order valence-electron chi connectivity index (χ4n) is 3.89. The highest BCUT2D eigenvalue weighted by molar-refractivity contribution is 7.22. The van der Waals surface area contributed by atoms with Gasteiger partial charge in [0, 0.05) is 19.0 Å². The number of amides is 1. The van der Waals surface area contributed by atoms with Gasteiger partial charge in [0.2, 0.25) is 5.91 Å². The predicted octanol–water partition coefficient (Wildman–Crippen LogP) is 3.21. The van der Waals surface area contributed by atoms with E-state index in [4.69, 9.17) is 0 Å². The second-order valence-electron chi connectivity index (χ2n) is 7.52. The van der Waals surface area contributed by atoms with Crippen LogP contribution in [0.3, 0.4) is 0 Å². The average Bonchev–Trinajstić information content (AvgIpc) is 3.34. The van der Waals surface area contributed by atoms with Crippen molar-refractivity contribution < 1.29 is 4.79 Å². The van der Waals surface area contributed by atoms with Gasteiger partial charge in [0.15, 0.2) is 10.8 Å². The molecule has 0 bridgehead atoms. The summed E-state index contributed by atoms with van der Waals surface area (Å²) >= 11 is 1.54. The number of rotatable bonds is 3. The van der Waals surface area contributed by atoms with Crippen molar-refractivity contribution in [2.24, 2.45) is 5.92 Å². The molecule has 29 heavy (non-hydrogen) atoms. The number of nitrogens with zero attached hydrogens (tertiary/aromatic N) is 6. The third kappa shape index (κ3) is 3.42. The predicted molar refractivity (Wildman–Crippen MR) is 113 cm³/mol. The monoisotopic (exact) mass is 407 g/mol. The molecular weight excluding hydrogens is 386 g/mol. The minimum absolute atomic E-state index is 0.0141. The summed E-state index contributed by atoms with van der Waals surface area (Å²) in [4.78, 5) is 19.6. The maximum atomic E-state index is 12.8. The zero-order valence-electron chi connectivity index (χ0n) is 16.3. The second-order valence-corrected chi connectivity index (χ2v) is 8.55. The highest BCUT2D eigenvalue weighted by atomic mass is 32.1. The normalized spacial score (nSPS) is 15.3. The lowest BCUT2D eigenvalue weighted by atomic mass is 9.96. The molecule has 1 fully saturated rings. The van der Waals surface area contributed by atoms with E-state index in [1.807, 2.05) is 12.1 Å². The third-order valence-electron chi connectivity index (χ3n) is 5.40. The van der Waals surface area contributed by atoms with E-state index < -0.39 is 0 Å². The smallest absolute Gasteiger partial charge is 0.229 e. The lowest BCUT2D eigenvalue weighted by molar-refractivity contribution is -0.120. The summed E-state index contributed by atoms with van der Waals surface area (Å²) in [5.41, 5.74) is 4.05. The van der Waals surface area contributed by atoms with Crippen LogP contribution >= 0.6 is 11.3 Å². The number of carbonyl (C=O) groups is 1. The molecule has 1 amide bonds. The Kier molecular flexibility index (Phi) is 4.39. The quantitative estimate of drug-likeness (QED) is 0.561. The molecule has 0 atom stereocenters. The number of hydrogen-bond donors (Lipinski definition) is 1. The van der Waals surface area contributed by atoms with E-state index in [2.05, 4.69) is 56.5 Å². The largest absolute Gasteiger partial charge is 0.355 e. The molecule has 4 heterocycles. The Morgan fingerprint density at radius 3 is 2.86 bits per heavy atom. The molecule has 5 rings (SSSR count). The number of benzene rings is 1. The van der Waals surface area contributed by atoms with E-state index in [1.54, 1.807) is 10.8 Å². The second kappa shape index (κ2) is 7.07. The van der Waals surface area contributed by atoms with E-state index in [1.165, 1.54) is 16.9 Å². The molecule has 8 nitrogen and oxygen atoms in total. The van der Waals surface area contributed by atoms with Crippen molar-refractivity contribution in [1.82, 2.24) is 24.8 Å². The van der Waals surface area contributed by atoms with Crippen molar-refractivity contribution in [3.05, 3.63) is 41.7 Å². The number of nitrogens with one attached hydrogen (secondary N) is 1. The van der Waals surface area contributed by atoms with Crippen LogP contribution in [0.4, 0.5) is 10.9 Å². The highest BCUT2D eigenvalue weighted by Crippen LogP contribution is 2.30. The standard InChI is InChI=1S/C20H21N7OS/c1-12-9-13(2)18-15(10-12)29-20(22-18)23-19(28)14-5-7-26(8-6-14)17-4-3-16-24-21-11-27(16)25-17/h3-4,9-11,14H,5-8H2,1-2H3,(H,22,23,28). The number of hydrogen-bond acceptors (Lipinski definition) is 7. The van der Waals surface area contributed by atoms with E-state index >= 15 is 0 Å². The summed E-state index contributed by atoms with van der Waals surface area (Å²) in [5, 5.41) is 16.1. The van der Waals surface area contributed by atoms with Crippen LogP contribution in [0, 0.1) is 19.8 Å². The number of piperidine rings is 1. The topological polar surface area (TPSA) is 88.3 Å². The van der Waals surface area contributed by atoms with E-state index in [9.17, 15) is 4.79 Å². The van der Waals surface area contributed by atoms with Crippen molar-refractivity contribution in [2.45, 2.75) is 26.7 Å². The van der Waals surface area contributed by atoms with Crippen LogP contribution in [0.2, 0.25) is 0 Å². The fraction of sp³-hybridized carbons (Fsp3) is 0.350. The van der Waals surface area contributed by atoms with Gasteiger partial charge < -0.3 is 10.2 Å². The third-order valence-corrected chi connectivity index (χ3v) is 6.32. The first-order valence-electron chi connectivity index (χ1n) is 9.67. The molecule has 3 aromatic heterocycles. The maximum absolute atomic E-state index is 12.8. The van der Waals surface area contributed by atoms with Gasteiger partial charge >= 0.3 is 0 Å². The number of aryl methyl sites for hydroxylation is 2. The van der Waals surface area contributed by atoms with Crippen LogP contribution < -0.4 is 10.2 Å². The van der Waals surface area contributed by atoms with Crippen molar-refractivity contribution in [3.8, 4) is 0 Å². The Morgan fingerprint density at radius 2 is 2.03 bits per heavy atom. The minimum atomic E-state index is -0.0141. The molecule has 0 unspecified atom stereocenters. The molecule has 0 radical (unpaired) electrons. The van der Waals surface area contributed by atoms with Gasteiger partial charge in [-0.15, -0.1) is 15.3 Å². The van der Waals surface area contributed by atoms with Gasteiger partial charge in [-0.25, -0.2) is 4.98 Å². The summed E-state index contributed by atoms with van der Waals surface area (Å²) in [6.45, 7) is 5.71. The van der Waals surface area contributed by atoms with Crippen LogP contribution in [-0.4, -0.2) is 43.8 Å². The van der Waals surface area contributed by atoms with Gasteiger partial charge in [0.05, 0.1) is 10.2 Å². The molecule has 0 saturated carbocycles. The Balaban J connectivity index is 1.24. The van der Waals surface area contributed by atoms with E-state index in [0.29, 0.717) is 5.13 Å². The molecule has 4 aromatic rings. The molecule has 1 saturated heterocycles. The Hall–Kier alpha value is -3.07. The number of thiazole rings is 1. The molecule has 0 aliphatic carbocycles. The molecule has 1 aliphatic rings. The average molecular weight is 408 g/mol. The summed E-state index contributed by atoms with van der Waals surface area (Å²) in [6.07, 6.45) is 3.17. The molecule has 9 heteroatoms. The summed E-state index contributed by atoms with van der Waals surface area (Å²) in [6, 6.07) is 8.10. The van der Waals surface area contributed by atoms with Crippen LogP contribution in [0.1, 0.15) is 24.0 Å². The van der Waals surface area contributed by atoms with Crippen LogP contribution in [0.15, 0.2) is 30.6 Å². The number of carbonyl (C=O) groups excluding carboxylic acids is 1. The van der Waals surface area contributed by atoms with Crippen LogP contribution in [-0.2, 0) is 4.79 Å². The fourth-order valence-corrected chi connectivity index (χ4v) is 4.93. The van der Waals surface area contributed by atoms with Crippen molar-refractivity contribution in [1.29, 1.82) is 0 Å². The SMILES string of the molecule is Cc1cc(C)c2nc(NC(=O)C3CCN(c4ccc5nncn5n4)CC3)sc2c1. The lowest BCUT2D eigenvalue weighted by Crippen LogP contribution is -2.38. The van der Waals surface area contributed by atoms with Gasteiger partial charge in [-0.05, 0) is 56.0 Å². The summed E-state index contributed by atoms with van der Waals surface area (Å²) < 4.78 is 2.79. The van der Waals surface area contributed by atoms with Gasteiger partial charge in [-0.3, -0.25) is 4.79 Å². The number of aromatic nitrogens is 5. The van der Waals surface area contributed by atoms with Crippen LogP contribution in [0.5, 0.6) is 0 Å². The summed E-state index contributed by atoms with van der Waals surface area (Å²) in [5.74, 6) is 0.924. The first kappa shape index (κ1) is 18.0. The molecular formula is C20H21N7OS. The van der Waals surface area contributed by atoms with Gasteiger partial charge in [-0.1, -0.05) is 17.4 Å². The lowest BCUT2D eigenvalue weighted by Gasteiger charge is -2.31. The first-order valence-corrected chi connectivity index (χ1v) is 10.5. The number of fused-ring (bicyclic) bond motifs is 2. The maximum Gasteiger partial charge on any atom is 0.229 e. The molecule has 1 aliphatic heterocycles. The van der Waals surface area contributed by atoms with Crippen molar-refractivity contribution in [2.75, 3.05) is 23.3 Å². The Labute approximate surface area is 171 Å². The zero-order chi connectivity index (χ0) is 20.0. The Morgan fingerprint density at radius 1 is 1.21 bits per heavy atom. The van der Waals surface area contributed by atoms with Crippen LogP contribution in [0.25, 0.3) is 15.9 Å². The first-order chi connectivity index (χ1) is 14.1. The van der Waals surface area contributed by atoms with Crippen molar-refractivity contribution in [3.63, 3.8) is 0 Å². The van der Waals surface area contributed by atoms with Gasteiger partial charge in [0.25, 0.3) is 0 Å². The molecule has 1 N–H and O–H groups in total. The van der Waals surface area contributed by atoms with E-state index in [-0.39, 0.29) is 11.8 Å². The highest BCUT2D eigenvalue weighted by Gasteiger charge is 2.26. The molecule has 0 spiro atoms. The van der Waals surface area contributed by atoms with Gasteiger partial charge in [0.1, 0.15) is 12.1 Å². The Bertz CT molecular complexity index is 1210. The van der Waals surface area contributed by atoms with Gasteiger partial charge in [-0.2, -0.15) is 4.52 Å². The molecule has 1 aromatic carbocycles. The minimum Gasteiger partial charge on any atom is -0.355 e. The zero-order valence-corrected chi connectivity index (χ0v) is 17.1. The van der Waals surface area contributed by atoms with E-state index in [0.717, 1.165) is 53.2 Å².